The van der Waals surface area contributed by atoms with E-state index in [1.165, 1.54) is 33.5 Å². The maximum absolute atomic E-state index is 13.3. The van der Waals surface area contributed by atoms with Gasteiger partial charge in [0.1, 0.15) is 34.3 Å². The fourth-order valence-corrected chi connectivity index (χ4v) is 4.77. The van der Waals surface area contributed by atoms with Crippen molar-refractivity contribution < 1.29 is 56.1 Å². The molecule has 0 saturated carbocycles. The number of hydrogen-bond acceptors (Lipinski definition) is 8. The monoisotopic (exact) mass is 775 g/mol. The number of halogens is 1. The lowest BCUT2D eigenvalue weighted by Crippen LogP contribution is -3.00. The zero-order valence-corrected chi connectivity index (χ0v) is 32.6. The lowest BCUT2D eigenvalue weighted by molar-refractivity contribution is -0.118. The van der Waals surface area contributed by atoms with Crippen LogP contribution in [0.4, 0.5) is 26.7 Å². The van der Waals surface area contributed by atoms with Crippen LogP contribution in [0.2, 0.25) is 0 Å². The number of amidine groups is 1. The van der Waals surface area contributed by atoms with Crippen molar-refractivity contribution in [2.45, 2.75) is 65.2 Å². The molecule has 0 aliphatic heterocycles. The minimum Gasteiger partial charge on any atom is -1.00 e. The van der Waals surface area contributed by atoms with Gasteiger partial charge in [0.25, 0.3) is 17.7 Å². The summed E-state index contributed by atoms with van der Waals surface area (Å²) in [6.45, 7) is 9.96. The minimum atomic E-state index is -1.27. The topological polar surface area (TPSA) is 259 Å². The Morgan fingerprint density at radius 1 is 0.685 bits per heavy atom. The third-order valence-corrected chi connectivity index (χ3v) is 7.05. The highest BCUT2D eigenvalue weighted by Gasteiger charge is 2.27. The summed E-state index contributed by atoms with van der Waals surface area (Å²) in [4.78, 5) is 77.0. The minimum absolute atomic E-state index is 0. The van der Waals surface area contributed by atoms with E-state index in [-0.39, 0.29) is 54.3 Å². The standard InChI is InChI=1S/C34H49N11O8.ClH/c1-33(2,3)52-31(50)38-15-22(42-32(51)53-34(4,5)6)27(46)39-19-13-24(44(8)16-19)29(48)41-21-14-25(45(9)18-21)30(49)40-20-12-23(43(7)17-20)28(47)37-11-10-26(35)36;/h12-14,16-18,22H,10-11,15H2,1-9H3,(H3,35,36)(H,37,47)(H,38,50)(H,39,46)(H,40,49)(H,41,48)(H,42,51);1H. The lowest BCUT2D eigenvalue weighted by Gasteiger charge is -2.24. The van der Waals surface area contributed by atoms with Crippen molar-refractivity contribution in [2.75, 3.05) is 29.0 Å². The van der Waals surface area contributed by atoms with Crippen LogP contribution < -0.4 is 55.5 Å². The smallest absolute Gasteiger partial charge is 0.408 e. The third-order valence-electron chi connectivity index (χ3n) is 7.05. The Labute approximate surface area is 319 Å². The number of amides is 6. The van der Waals surface area contributed by atoms with Gasteiger partial charge in [0.05, 0.1) is 30.0 Å². The molecule has 0 spiro atoms. The van der Waals surface area contributed by atoms with Crippen molar-refractivity contribution >= 4 is 58.7 Å². The van der Waals surface area contributed by atoms with Crippen LogP contribution in [0.3, 0.4) is 0 Å². The highest BCUT2D eigenvalue weighted by atomic mass is 35.5. The van der Waals surface area contributed by atoms with Crippen LogP contribution in [0.15, 0.2) is 36.8 Å². The van der Waals surface area contributed by atoms with Gasteiger partial charge >= 0.3 is 12.2 Å². The summed E-state index contributed by atoms with van der Waals surface area (Å²) >= 11 is 0. The predicted molar refractivity (Wildman–Crippen MR) is 196 cm³/mol. The Morgan fingerprint density at radius 3 is 1.52 bits per heavy atom. The molecule has 3 aromatic rings. The molecule has 0 bridgehead atoms. The molecular weight excluding hydrogens is 726 g/mol. The van der Waals surface area contributed by atoms with Crippen molar-refractivity contribution in [3.8, 4) is 0 Å². The number of hydrogen-bond donors (Lipinski definition) is 8. The summed E-state index contributed by atoms with van der Waals surface area (Å²) in [7, 11) is 4.88. The van der Waals surface area contributed by atoms with E-state index in [4.69, 9.17) is 20.6 Å². The molecule has 0 saturated heterocycles. The Hall–Kier alpha value is -5.98. The van der Waals surface area contributed by atoms with Crippen molar-refractivity contribution in [3.05, 3.63) is 53.9 Å². The van der Waals surface area contributed by atoms with E-state index in [9.17, 15) is 28.8 Å². The van der Waals surface area contributed by atoms with Gasteiger partial charge in [-0.05, 0) is 59.7 Å². The number of nitrogens with two attached hydrogens (primary N) is 2. The summed E-state index contributed by atoms with van der Waals surface area (Å²) in [6, 6.07) is 3.15. The summed E-state index contributed by atoms with van der Waals surface area (Å²) in [5.74, 6) is -1.91. The van der Waals surface area contributed by atoms with Gasteiger partial charge in [0.2, 0.25) is 11.7 Å². The Morgan fingerprint density at radius 2 is 1.09 bits per heavy atom. The number of alkyl carbamates (subject to hydrolysis) is 2. The Bertz CT molecular complexity index is 1880. The predicted octanol–water partition coefficient (Wildman–Crippen LogP) is -2.20. The molecule has 0 aromatic carbocycles. The average Bonchev–Trinajstić information content (AvgIpc) is 3.68. The first kappa shape index (κ1) is 44.2. The van der Waals surface area contributed by atoms with Crippen molar-refractivity contribution in [3.63, 3.8) is 0 Å². The second-order valence-corrected chi connectivity index (χ2v) is 14.2. The molecule has 6 amide bonds. The third kappa shape index (κ3) is 13.5. The summed E-state index contributed by atoms with van der Waals surface area (Å²) in [5.41, 5.74) is 5.39. The highest BCUT2D eigenvalue weighted by Crippen LogP contribution is 2.20. The molecule has 54 heavy (non-hydrogen) atoms. The second-order valence-electron chi connectivity index (χ2n) is 14.2. The maximum atomic E-state index is 13.3. The molecule has 19 nitrogen and oxygen atoms in total. The van der Waals surface area contributed by atoms with Crippen LogP contribution >= 0.6 is 0 Å². The van der Waals surface area contributed by atoms with E-state index in [1.54, 1.807) is 79.6 Å². The van der Waals surface area contributed by atoms with Gasteiger partial charge in [-0.25, -0.2) is 9.59 Å². The Kier molecular flexibility index (Phi) is 14.9. The van der Waals surface area contributed by atoms with Crippen LogP contribution in [0, 0.1) is 0 Å². The first-order valence-electron chi connectivity index (χ1n) is 16.5. The average molecular weight is 776 g/mol. The molecule has 0 aliphatic rings. The van der Waals surface area contributed by atoms with Gasteiger partial charge in [0.15, 0.2) is 0 Å². The molecule has 1 unspecified atom stereocenters. The number of aromatic nitrogens is 3. The number of ether oxygens (including phenoxy) is 2. The maximum Gasteiger partial charge on any atom is 0.408 e. The number of aryl methyl sites for hydroxylation is 3. The number of carbonyl (C=O) groups is 6. The zero-order chi connectivity index (χ0) is 39.8. The van der Waals surface area contributed by atoms with E-state index >= 15 is 0 Å². The van der Waals surface area contributed by atoms with Gasteiger partial charge < -0.3 is 67.5 Å². The molecule has 0 aliphatic carbocycles. The van der Waals surface area contributed by atoms with E-state index < -0.39 is 47.2 Å². The quantitative estimate of drug-likeness (QED) is 0.0692. The SMILES string of the molecule is Cn1cc(NC(=O)c2cc(NC(=O)c3cc(NC(=O)C(CNC(=O)OC(C)(C)C)NC(=O)OC(C)(C)C)cn3C)cn2C)cc1C(=O)NCCC(N)=[NH2+].[Cl-]. The van der Waals surface area contributed by atoms with Crippen LogP contribution in [-0.4, -0.2) is 85.7 Å². The van der Waals surface area contributed by atoms with Gasteiger partial charge in [-0.15, -0.1) is 0 Å². The van der Waals surface area contributed by atoms with Gasteiger partial charge in [-0.1, -0.05) is 0 Å². The van der Waals surface area contributed by atoms with E-state index in [1.807, 2.05) is 0 Å². The number of nitrogens with one attached hydrogen (secondary N) is 6. The fraction of sp³-hybridized carbons (Fsp3) is 0.441. The molecule has 3 heterocycles. The number of rotatable bonds is 13. The normalized spacial score (nSPS) is 11.6. The number of nitrogens with zero attached hydrogens (tertiary/aromatic N) is 3. The van der Waals surface area contributed by atoms with Crippen LogP contribution in [-0.2, 0) is 35.4 Å². The molecule has 0 fully saturated rings. The van der Waals surface area contributed by atoms with Crippen molar-refractivity contribution in [1.29, 1.82) is 0 Å². The molecule has 0 radical (unpaired) electrons. The molecule has 1 atom stereocenters. The molecule has 10 N–H and O–H groups in total. The van der Waals surface area contributed by atoms with Crippen LogP contribution in [0.25, 0.3) is 0 Å². The molecule has 3 aromatic heterocycles. The summed E-state index contributed by atoms with van der Waals surface area (Å²) in [5, 5.41) is 21.2. The summed E-state index contributed by atoms with van der Waals surface area (Å²) < 4.78 is 15.1. The first-order chi connectivity index (χ1) is 24.5. The molecule has 296 valence electrons. The molecule has 20 heteroatoms. The zero-order valence-electron chi connectivity index (χ0n) is 31.8. The van der Waals surface area contributed by atoms with E-state index in [2.05, 4.69) is 31.9 Å². The van der Waals surface area contributed by atoms with Crippen LogP contribution in [0.5, 0.6) is 0 Å². The summed E-state index contributed by atoms with van der Waals surface area (Å²) in [6.07, 6.45) is 3.27. The van der Waals surface area contributed by atoms with Gasteiger partial charge in [0, 0.05) is 46.3 Å². The van der Waals surface area contributed by atoms with Gasteiger partial charge in [-0.3, -0.25) is 30.3 Å². The van der Waals surface area contributed by atoms with E-state index in [0.717, 1.165) is 0 Å². The lowest BCUT2D eigenvalue weighted by atomic mass is 10.2. The highest BCUT2D eigenvalue weighted by molar-refractivity contribution is 6.08. The van der Waals surface area contributed by atoms with Crippen molar-refractivity contribution in [1.82, 2.24) is 29.7 Å². The van der Waals surface area contributed by atoms with Gasteiger partial charge in [-0.2, -0.15) is 0 Å². The largest absolute Gasteiger partial charge is 1.00 e. The molecule has 3 rings (SSSR count). The van der Waals surface area contributed by atoms with Crippen molar-refractivity contribution in [2.24, 2.45) is 26.9 Å². The fourth-order valence-electron chi connectivity index (χ4n) is 4.77. The van der Waals surface area contributed by atoms with Crippen LogP contribution in [0.1, 0.15) is 79.4 Å². The van der Waals surface area contributed by atoms with E-state index in [0.29, 0.717) is 23.5 Å². The number of carbonyl (C=O) groups excluding carboxylic acids is 6. The molecular formula is C34H50ClN11O8. The Balaban J connectivity index is 0.0000101. The number of anilines is 3. The first-order valence-corrected chi connectivity index (χ1v) is 16.5. The second kappa shape index (κ2) is 18.2.